The minimum absolute atomic E-state index is 0. The number of aromatic carboxylic acids is 2. The first-order valence-electron chi connectivity index (χ1n) is 39.9. The summed E-state index contributed by atoms with van der Waals surface area (Å²) in [5, 5.41) is 54.5. The number of carboxylic acid groups (broad SMARTS) is 2. The van der Waals surface area contributed by atoms with Crippen molar-refractivity contribution in [3.05, 3.63) is 223 Å². The maximum Gasteiger partial charge on any atom is 2.00 e. The summed E-state index contributed by atoms with van der Waals surface area (Å²) in [6, 6.07) is 27.7. The zero-order valence-electron chi connectivity index (χ0n) is 78.0. The molecule has 742 valence electrons. The summed E-state index contributed by atoms with van der Waals surface area (Å²) in [7, 11) is -2.75. The van der Waals surface area contributed by atoms with Crippen molar-refractivity contribution in [3.8, 4) is 0 Å². The fourth-order valence-corrected chi connectivity index (χ4v) is 14.0. The van der Waals surface area contributed by atoms with Crippen molar-refractivity contribution in [2.45, 2.75) is 168 Å². The minimum atomic E-state index is -3.73. The molecule has 6 heterocycles. The molecule has 140 heavy (non-hydrogen) atoms. The summed E-state index contributed by atoms with van der Waals surface area (Å²) in [5.41, 5.74) is 30.6. The number of halogens is 1. The molecular formula is C88H99IN18O30S2Zn. The Labute approximate surface area is 827 Å². The maximum absolute atomic E-state index is 12.4. The molecule has 8 aromatic rings. The van der Waals surface area contributed by atoms with Crippen molar-refractivity contribution in [2.75, 3.05) is 21.3 Å². The normalized spacial score (nSPS) is 12.7. The number of rotatable bonds is 12. The number of nitrogens with one attached hydrogen (secondary N) is 1. The average molecular weight is 2150 g/mol. The SMILES string of the molecule is CC(C)(C)OC(=O)OC(=O)OC(C)(C)C.CC(C)(C)OC(=O)n1nc(C(N)=O)c2ccc(C(=O)NS(=O)(=O)C3CC3)cc21.CC(C)(C)OC(=O)n1nc(C(N)=O)c2ccc(C(=O)O)cc21.COC(=O)c1ccc2c(c1)CN=C2.COC(=O)c1ccc2c(c1)CN=C2I.NC(=O)C1=NCc2cc(C(=O)O)ccc21.NC(N)=O.NS(=O)(=O)C1CC1.OO.[C-]#N.[C-]#N.[C-]#[N+]C1=NCc2cc(C(=O)OC)ccc21.[Zn+2]. The van der Waals surface area contributed by atoms with Crippen molar-refractivity contribution in [1.29, 1.82) is 10.5 Å². The largest absolute Gasteiger partial charge is 2.00 e. The van der Waals surface area contributed by atoms with Gasteiger partial charge < -0.3 is 105 Å². The van der Waals surface area contributed by atoms with Crippen LogP contribution in [0.15, 0.2) is 129 Å². The Balaban J connectivity index is 0.000000544. The van der Waals surface area contributed by atoms with Gasteiger partial charge in [0, 0.05) is 39.2 Å². The molecule has 0 spiro atoms. The molecule has 4 aliphatic heterocycles. The number of hydrogen-bond acceptors (Lipinski definition) is 36. The maximum atomic E-state index is 12.4. The number of primary sulfonamides is 1. The van der Waals surface area contributed by atoms with Crippen LogP contribution in [0.25, 0.3) is 26.7 Å². The second kappa shape index (κ2) is 53.4. The Morgan fingerprint density at radius 2 is 0.821 bits per heavy atom. The number of aliphatic imine (C=N–C) groups is 4. The van der Waals surface area contributed by atoms with Crippen LogP contribution in [0.4, 0.5) is 24.0 Å². The fourth-order valence-electron chi connectivity index (χ4n) is 11.3. The van der Waals surface area contributed by atoms with Gasteiger partial charge in [0.15, 0.2) is 11.4 Å². The monoisotopic (exact) mass is 2140 g/mol. The zero-order chi connectivity index (χ0) is 106. The van der Waals surface area contributed by atoms with E-state index in [1.54, 1.807) is 119 Å². The van der Waals surface area contributed by atoms with Gasteiger partial charge in [-0.15, -0.1) is 0 Å². The molecule has 0 unspecified atom stereocenters. The van der Waals surface area contributed by atoms with Gasteiger partial charge in [-0.2, -0.15) is 24.6 Å². The number of carboxylic acids is 2. The van der Waals surface area contributed by atoms with E-state index in [0.717, 1.165) is 64.9 Å². The summed E-state index contributed by atoms with van der Waals surface area (Å²) in [6.07, 6.45) is 0.548. The van der Waals surface area contributed by atoms with E-state index in [2.05, 4.69) is 88.0 Å². The number of amides is 6. The first-order valence-corrected chi connectivity index (χ1v) is 44.2. The number of aromatic nitrogens is 4. The first-order chi connectivity index (χ1) is 64.7. The third-order valence-corrected chi connectivity index (χ3v) is 21.5. The van der Waals surface area contributed by atoms with Crippen LogP contribution in [-0.2, 0) is 108 Å². The number of amidine groups is 1. The Hall–Kier alpha value is -15.3. The van der Waals surface area contributed by atoms with Gasteiger partial charge in [0.05, 0.1) is 90.3 Å². The average Bonchev–Trinajstić information content (AvgIpc) is 1.24. The van der Waals surface area contributed by atoms with Gasteiger partial charge in [-0.25, -0.2) is 74.6 Å². The van der Waals surface area contributed by atoms with Gasteiger partial charge in [0.2, 0.25) is 20.0 Å². The van der Waals surface area contributed by atoms with Crippen LogP contribution in [0.1, 0.15) is 236 Å². The van der Waals surface area contributed by atoms with Crippen LogP contribution in [0, 0.1) is 30.2 Å². The molecule has 6 aliphatic rings. The second-order valence-electron chi connectivity index (χ2n) is 32.5. The number of urea groups is 1. The second-order valence-corrected chi connectivity index (χ2v) is 37.4. The van der Waals surface area contributed by atoms with Gasteiger partial charge in [-0.3, -0.25) is 44.7 Å². The van der Waals surface area contributed by atoms with E-state index in [1.807, 2.05) is 35.2 Å². The van der Waals surface area contributed by atoms with Crippen molar-refractivity contribution in [1.82, 2.24) is 24.3 Å². The number of fused-ring (bicyclic) bond motifs is 6. The number of benzene rings is 6. The van der Waals surface area contributed by atoms with Gasteiger partial charge in [0.25, 0.3) is 29.5 Å². The third kappa shape index (κ3) is 38.0. The molecule has 48 nitrogen and oxygen atoms in total. The molecule has 14 rings (SSSR count). The Morgan fingerprint density at radius 3 is 1.21 bits per heavy atom. The van der Waals surface area contributed by atoms with Crippen LogP contribution in [0.3, 0.4) is 0 Å². The Bertz CT molecular complexity index is 6450. The molecule has 0 radical (unpaired) electrons. The fraction of sp³-hybridized carbons (Fsp3) is 0.330. The molecule has 52 heteroatoms. The number of nitrogens with zero attached hydrogens (tertiary/aromatic N) is 11. The number of carbonyl (C=O) groups excluding carboxylic acids is 12. The topological polar surface area (TPSA) is 767 Å². The van der Waals surface area contributed by atoms with E-state index >= 15 is 0 Å². The van der Waals surface area contributed by atoms with Crippen molar-refractivity contribution < 1.29 is 162 Å². The van der Waals surface area contributed by atoms with Gasteiger partial charge >= 0.3 is 79.9 Å². The van der Waals surface area contributed by atoms with E-state index in [1.165, 1.54) is 69.9 Å². The van der Waals surface area contributed by atoms with E-state index in [0.29, 0.717) is 67.1 Å². The third-order valence-electron chi connectivity index (χ3n) is 17.3. The summed E-state index contributed by atoms with van der Waals surface area (Å²) in [4.78, 5) is 177. The molecule has 0 bridgehead atoms. The molecule has 2 aliphatic carbocycles. The first kappa shape index (κ1) is 121. The van der Waals surface area contributed by atoms with Crippen molar-refractivity contribution in [2.24, 2.45) is 53.8 Å². The quantitative estimate of drug-likeness (QED) is 0.00792. The molecule has 17 N–H and O–H groups in total. The predicted octanol–water partition coefficient (Wildman–Crippen LogP) is 9.70. The summed E-state index contributed by atoms with van der Waals surface area (Å²) in [6.45, 7) is 38.5. The van der Waals surface area contributed by atoms with E-state index in [-0.39, 0.29) is 98.2 Å². The van der Waals surface area contributed by atoms with Crippen LogP contribution in [0.2, 0.25) is 0 Å². The number of carbonyl (C=O) groups is 14. The number of hydrogen-bond donors (Lipinski definition) is 11. The van der Waals surface area contributed by atoms with E-state index < -0.39 is 114 Å². The smallest absolute Gasteiger partial charge is 0.512 e. The summed E-state index contributed by atoms with van der Waals surface area (Å²) in [5.74, 6) is -5.82. The van der Waals surface area contributed by atoms with Crippen molar-refractivity contribution in [3.63, 3.8) is 0 Å². The molecule has 6 aromatic carbocycles. The molecule has 6 amide bonds. The number of esters is 3. The molecule has 2 saturated carbocycles. The molecule has 2 aromatic heterocycles. The van der Waals surface area contributed by atoms with Crippen LogP contribution >= 0.6 is 22.6 Å². The number of nitrogens with two attached hydrogens (primary N) is 6. The number of ether oxygens (including phenoxy) is 8. The number of sulfonamides is 2. The zero-order valence-corrected chi connectivity index (χ0v) is 84.7. The van der Waals surface area contributed by atoms with E-state index in [4.69, 9.17) is 97.0 Å². The Morgan fingerprint density at radius 1 is 0.471 bits per heavy atom. The summed E-state index contributed by atoms with van der Waals surface area (Å²) >= 11 is 2.20. The number of methoxy groups -OCH3 is 3. The standard InChI is InChI=1S/C17H20N4O6S.C14H15N3O5.C11H8N2O2.C10H8INO2.C10H8N2O3.C10H9NO2.C10H18O5.C3H7NO2S.CH4N2O.2CN.H2O2.Zn/c1-17(2,3)27-16(24)21-12-8-9(4-7-11(12)13(19-21)14(18)22)15(23)20-28(25,26)10-5-6-10;1-14(2,3)22-13(21)17-9-6-7(12(19)20)4-5-8(9)10(16-17)11(15)18;1-12-10-9-4-3-7(11(14)15-2)5-8(9)6-13-10;1-14-10(13)6-2-3-8-7(4-6)5-12-9(8)11;11-9(13)8-7-2-1-5(10(14)15)3-6(7)4-12-8;1-13-10(12)7-2-3-8-5-11-6-9(8)4-7;1-9(2,3)14-7(11)13-8(12)15-10(4,5)6;4-7(5,6)3-1-2-3;2-1(3)4;3*1-2;/h4,7-8,10H,5-6H2,1-3H3,(H2,18,22)(H,20,23);4-6H,1-3H3,(H2,15,18)(H,19,20);3-5H,6H2,2H3;2-4H,5H2,1H3;1-3H,4H2,(H2,11,13)(H,14,15);2-5H,6H2,1H3;1-6H3;3H,1-2H2,(H2,4,5,6);(H4,2,3,4);;;1-2H;/q;;;;;;;;;2*-1;;+2. The molecule has 2 fully saturated rings. The Kier molecular flexibility index (Phi) is 46.1. The van der Waals surface area contributed by atoms with Gasteiger partial charge in [-0.05, 0) is 244 Å². The molecule has 0 saturated heterocycles. The molecular weight excluding hydrogens is 2050 g/mol. The molecule has 0 atom stereocenters. The van der Waals surface area contributed by atoms with Crippen molar-refractivity contribution >= 4 is 170 Å². The van der Waals surface area contributed by atoms with Gasteiger partial charge in [0.1, 0.15) is 38.4 Å². The van der Waals surface area contributed by atoms with Gasteiger partial charge in [-0.1, -0.05) is 30.8 Å². The van der Waals surface area contributed by atoms with E-state index in [9.17, 15) is 79.2 Å². The van der Waals surface area contributed by atoms with Crippen LogP contribution < -0.4 is 38.5 Å². The van der Waals surface area contributed by atoms with Crippen LogP contribution in [0.5, 0.6) is 0 Å². The summed E-state index contributed by atoms with van der Waals surface area (Å²) < 4.78 is 87.1. The minimum Gasteiger partial charge on any atom is -0.512 e. The number of primary amides is 5. The predicted molar refractivity (Wildman–Crippen MR) is 503 cm³/mol. The van der Waals surface area contributed by atoms with Crippen LogP contribution in [-0.4, -0.2) is 217 Å².